The van der Waals surface area contributed by atoms with Gasteiger partial charge < -0.3 is 11.1 Å². The fourth-order valence-electron chi connectivity index (χ4n) is 1.74. The Hall–Kier alpha value is -1.55. The number of rotatable bonds is 3. The number of aryl methyl sites for hydroxylation is 2. The molecule has 0 aliphatic heterocycles. The second-order valence-corrected chi connectivity index (χ2v) is 5.12. The summed E-state index contributed by atoms with van der Waals surface area (Å²) in [6, 6.07) is 6.11. The normalized spacial score (nSPS) is 12.4. The first-order valence-electron chi connectivity index (χ1n) is 5.61. The maximum absolute atomic E-state index is 5.97. The molecule has 3 nitrogen and oxygen atoms in total. The minimum atomic E-state index is 0.178. The number of para-hydroxylation sites is 1. The lowest BCUT2D eigenvalue weighted by molar-refractivity contribution is 0.863. The van der Waals surface area contributed by atoms with E-state index in [1.54, 1.807) is 11.3 Å². The number of nitrogens with two attached hydrogens (primary N) is 1. The summed E-state index contributed by atoms with van der Waals surface area (Å²) in [4.78, 5) is 4.48. The van der Waals surface area contributed by atoms with Gasteiger partial charge in [0.2, 0.25) is 0 Å². The summed E-state index contributed by atoms with van der Waals surface area (Å²) in [5.41, 5.74) is 9.99. The molecule has 90 valence electrons. The monoisotopic (exact) mass is 247 g/mol. The van der Waals surface area contributed by atoms with E-state index < -0.39 is 0 Å². The lowest BCUT2D eigenvalue weighted by Crippen LogP contribution is -2.09. The van der Waals surface area contributed by atoms with Gasteiger partial charge in [-0.15, -0.1) is 11.3 Å². The second kappa shape index (κ2) is 4.75. The van der Waals surface area contributed by atoms with Gasteiger partial charge in [0.05, 0.1) is 17.4 Å². The van der Waals surface area contributed by atoms with Crippen molar-refractivity contribution < 1.29 is 0 Å². The van der Waals surface area contributed by atoms with Crippen molar-refractivity contribution in [3.8, 4) is 0 Å². The van der Waals surface area contributed by atoms with Crippen LogP contribution in [0.15, 0.2) is 23.6 Å². The lowest BCUT2D eigenvalue weighted by Gasteiger charge is -2.16. The molecule has 1 heterocycles. The summed E-state index contributed by atoms with van der Waals surface area (Å²) in [5, 5.41) is 6.58. The first-order valence-corrected chi connectivity index (χ1v) is 6.49. The Morgan fingerprint density at radius 2 is 2.12 bits per heavy atom. The Bertz CT molecular complexity index is 499. The molecule has 0 saturated carbocycles. The van der Waals surface area contributed by atoms with E-state index in [1.807, 2.05) is 19.1 Å². The van der Waals surface area contributed by atoms with Crippen LogP contribution in [0.25, 0.3) is 0 Å². The van der Waals surface area contributed by atoms with E-state index in [2.05, 4.69) is 35.6 Å². The number of hydrogen-bond acceptors (Lipinski definition) is 4. The van der Waals surface area contributed by atoms with Crippen LogP contribution in [0.5, 0.6) is 0 Å². The highest BCUT2D eigenvalue weighted by molar-refractivity contribution is 7.09. The molecule has 3 N–H and O–H groups in total. The summed E-state index contributed by atoms with van der Waals surface area (Å²) in [6.45, 7) is 6.16. The van der Waals surface area contributed by atoms with Crippen molar-refractivity contribution in [3.63, 3.8) is 0 Å². The Kier molecular flexibility index (Phi) is 3.33. The lowest BCUT2D eigenvalue weighted by atomic mass is 10.1. The van der Waals surface area contributed by atoms with E-state index in [4.69, 9.17) is 5.73 Å². The molecule has 4 heteroatoms. The van der Waals surface area contributed by atoms with Crippen LogP contribution in [0.4, 0.5) is 11.4 Å². The Morgan fingerprint density at radius 1 is 1.35 bits per heavy atom. The zero-order valence-electron chi connectivity index (χ0n) is 10.3. The van der Waals surface area contributed by atoms with Gasteiger partial charge in [-0.25, -0.2) is 4.98 Å². The van der Waals surface area contributed by atoms with Crippen LogP contribution < -0.4 is 11.1 Å². The first kappa shape index (κ1) is 11.9. The van der Waals surface area contributed by atoms with Crippen LogP contribution in [0.2, 0.25) is 0 Å². The van der Waals surface area contributed by atoms with E-state index in [0.717, 1.165) is 27.6 Å². The number of nitrogens with one attached hydrogen (secondary N) is 1. The van der Waals surface area contributed by atoms with Gasteiger partial charge in [0.25, 0.3) is 0 Å². The maximum Gasteiger partial charge on any atom is 0.115 e. The maximum atomic E-state index is 5.97. The van der Waals surface area contributed by atoms with Crippen molar-refractivity contribution >= 4 is 22.7 Å². The Balaban J connectivity index is 2.21. The van der Waals surface area contributed by atoms with Gasteiger partial charge in [0.15, 0.2) is 0 Å². The molecule has 0 fully saturated rings. The molecule has 1 aromatic carbocycles. The summed E-state index contributed by atoms with van der Waals surface area (Å²) in [7, 11) is 0. The predicted octanol–water partition coefficient (Wildman–Crippen LogP) is 3.52. The van der Waals surface area contributed by atoms with Crippen molar-refractivity contribution in [2.45, 2.75) is 26.8 Å². The molecule has 1 atom stereocenters. The quantitative estimate of drug-likeness (QED) is 0.816. The molecule has 0 aliphatic carbocycles. The zero-order chi connectivity index (χ0) is 12.4. The minimum Gasteiger partial charge on any atom is -0.397 e. The average Bonchev–Trinajstić information content (AvgIpc) is 2.70. The molecule has 0 saturated heterocycles. The van der Waals surface area contributed by atoms with Crippen molar-refractivity contribution in [1.82, 2.24) is 4.98 Å². The number of hydrogen-bond donors (Lipinski definition) is 2. The molecule has 0 spiro atoms. The highest BCUT2D eigenvalue weighted by Crippen LogP contribution is 2.28. The zero-order valence-corrected chi connectivity index (χ0v) is 11.1. The van der Waals surface area contributed by atoms with E-state index >= 15 is 0 Å². The molecular formula is C13H17N3S. The van der Waals surface area contributed by atoms with Gasteiger partial charge in [-0.1, -0.05) is 12.1 Å². The summed E-state index contributed by atoms with van der Waals surface area (Å²) in [5.74, 6) is 0. The highest BCUT2D eigenvalue weighted by Gasteiger charge is 2.11. The van der Waals surface area contributed by atoms with Gasteiger partial charge in [-0.3, -0.25) is 0 Å². The minimum absolute atomic E-state index is 0.178. The number of benzene rings is 1. The molecule has 1 aromatic heterocycles. The smallest absolute Gasteiger partial charge is 0.115 e. The van der Waals surface area contributed by atoms with Gasteiger partial charge in [-0.2, -0.15) is 0 Å². The predicted molar refractivity (Wildman–Crippen MR) is 74.5 cm³/mol. The topological polar surface area (TPSA) is 50.9 Å². The van der Waals surface area contributed by atoms with Crippen LogP contribution in [0, 0.1) is 13.8 Å². The number of nitrogens with zero attached hydrogens (tertiary/aromatic N) is 1. The molecule has 17 heavy (non-hydrogen) atoms. The first-order chi connectivity index (χ1) is 8.08. The van der Waals surface area contributed by atoms with Crippen LogP contribution >= 0.6 is 11.3 Å². The SMILES string of the molecule is Cc1csc(C(C)Nc2c(C)cccc2N)n1. The van der Waals surface area contributed by atoms with Crippen LogP contribution in [0.3, 0.4) is 0 Å². The molecule has 0 bridgehead atoms. The second-order valence-electron chi connectivity index (χ2n) is 4.23. The summed E-state index contributed by atoms with van der Waals surface area (Å²) in [6.07, 6.45) is 0. The van der Waals surface area contributed by atoms with Gasteiger partial charge in [0, 0.05) is 11.1 Å². The standard InChI is InChI=1S/C13H17N3S/c1-8-5-4-6-11(14)12(8)16-10(3)13-15-9(2)7-17-13/h4-7,10,16H,14H2,1-3H3. The number of anilines is 2. The number of nitrogen functional groups attached to an aromatic ring is 1. The molecule has 0 amide bonds. The Labute approximate surface area is 106 Å². The van der Waals surface area contributed by atoms with Crippen LogP contribution in [-0.4, -0.2) is 4.98 Å². The summed E-state index contributed by atoms with van der Waals surface area (Å²) < 4.78 is 0. The van der Waals surface area contributed by atoms with Crippen molar-refractivity contribution in [2.24, 2.45) is 0 Å². The number of thiazole rings is 1. The Morgan fingerprint density at radius 3 is 2.71 bits per heavy atom. The van der Waals surface area contributed by atoms with E-state index in [1.165, 1.54) is 0 Å². The van der Waals surface area contributed by atoms with Crippen molar-refractivity contribution in [2.75, 3.05) is 11.1 Å². The van der Waals surface area contributed by atoms with Gasteiger partial charge >= 0.3 is 0 Å². The largest absolute Gasteiger partial charge is 0.397 e. The van der Waals surface area contributed by atoms with Crippen molar-refractivity contribution in [1.29, 1.82) is 0 Å². The van der Waals surface area contributed by atoms with Gasteiger partial charge in [-0.05, 0) is 32.4 Å². The van der Waals surface area contributed by atoms with E-state index in [-0.39, 0.29) is 6.04 Å². The highest BCUT2D eigenvalue weighted by atomic mass is 32.1. The fourth-order valence-corrected chi connectivity index (χ4v) is 2.54. The third-order valence-corrected chi connectivity index (χ3v) is 3.82. The average molecular weight is 247 g/mol. The third-order valence-electron chi connectivity index (χ3n) is 2.67. The van der Waals surface area contributed by atoms with Crippen LogP contribution in [0.1, 0.15) is 29.2 Å². The molecule has 0 radical (unpaired) electrons. The van der Waals surface area contributed by atoms with E-state index in [9.17, 15) is 0 Å². The fraction of sp³-hybridized carbons (Fsp3) is 0.308. The van der Waals surface area contributed by atoms with Gasteiger partial charge in [0.1, 0.15) is 5.01 Å². The molecular weight excluding hydrogens is 230 g/mol. The molecule has 0 aliphatic rings. The molecule has 2 rings (SSSR count). The molecule has 1 unspecified atom stereocenters. The molecule has 2 aromatic rings. The van der Waals surface area contributed by atoms with E-state index in [0.29, 0.717) is 0 Å². The summed E-state index contributed by atoms with van der Waals surface area (Å²) >= 11 is 1.67. The number of aromatic nitrogens is 1. The third kappa shape index (κ3) is 2.58. The van der Waals surface area contributed by atoms with Crippen molar-refractivity contribution in [3.05, 3.63) is 39.8 Å². The van der Waals surface area contributed by atoms with Crippen LogP contribution in [-0.2, 0) is 0 Å².